The molecule has 0 saturated carbocycles. The number of aromatic hydroxyl groups is 1. The Bertz CT molecular complexity index is 356. The van der Waals surface area contributed by atoms with Crippen LogP contribution in [0, 0.1) is 5.82 Å². The molecule has 0 aliphatic carbocycles. The maximum atomic E-state index is 12.5. The predicted octanol–water partition coefficient (Wildman–Crippen LogP) is 0.560. The molecule has 0 radical (unpaired) electrons. The molecule has 0 unspecified atom stereocenters. The molecule has 0 atom stereocenters. The van der Waals surface area contributed by atoms with Crippen LogP contribution in [0.25, 0.3) is 0 Å². The Hall–Kier alpha value is -1.69. The topological polar surface area (TPSA) is 62.7 Å². The van der Waals surface area contributed by atoms with Gasteiger partial charge in [0.2, 0.25) is 0 Å². The van der Waals surface area contributed by atoms with Crippen molar-refractivity contribution in [1.82, 2.24) is 10.0 Å². The second-order valence-electron chi connectivity index (χ2n) is 2.51. The number of carbonyl (C=O) groups excluding carboxylic acids is 1. The van der Waals surface area contributed by atoms with Crippen molar-refractivity contribution >= 4 is 5.91 Å². The number of halogens is 1. The quantitative estimate of drug-likeness (QED) is 0.708. The third kappa shape index (κ3) is 1.97. The van der Waals surface area contributed by atoms with Crippen LogP contribution in [-0.2, 0) is 4.84 Å². The van der Waals surface area contributed by atoms with Crippen molar-refractivity contribution in [3.05, 3.63) is 23.8 Å². The van der Waals surface area contributed by atoms with Crippen LogP contribution in [-0.4, -0.2) is 35.2 Å². The summed E-state index contributed by atoms with van der Waals surface area (Å²) in [4.78, 5) is 19.4. The molecule has 0 aliphatic rings. The standard InChI is InChI=1S/C8H9FN2O3/c1-11(14-2)8(13)7-6(12)3-5(9)4-10-7/h3-4,12H,1-2H3. The van der Waals surface area contributed by atoms with Crippen LogP contribution in [0.5, 0.6) is 5.75 Å². The van der Waals surface area contributed by atoms with Gasteiger partial charge in [-0.2, -0.15) is 0 Å². The second-order valence-corrected chi connectivity index (χ2v) is 2.51. The molecule has 1 heterocycles. The molecule has 1 amide bonds. The Kier molecular flexibility index (Phi) is 2.98. The number of hydrogen-bond acceptors (Lipinski definition) is 4. The zero-order valence-electron chi connectivity index (χ0n) is 7.69. The van der Waals surface area contributed by atoms with E-state index in [-0.39, 0.29) is 5.69 Å². The molecule has 0 aliphatic heterocycles. The number of amides is 1. The lowest BCUT2D eigenvalue weighted by molar-refractivity contribution is -0.0762. The first-order chi connectivity index (χ1) is 6.56. The van der Waals surface area contributed by atoms with E-state index >= 15 is 0 Å². The molecule has 0 saturated heterocycles. The predicted molar refractivity (Wildman–Crippen MR) is 45.0 cm³/mol. The molecule has 1 aromatic rings. The highest BCUT2D eigenvalue weighted by Crippen LogP contribution is 2.16. The van der Waals surface area contributed by atoms with E-state index in [0.29, 0.717) is 0 Å². The van der Waals surface area contributed by atoms with E-state index in [9.17, 15) is 14.3 Å². The summed E-state index contributed by atoms with van der Waals surface area (Å²) >= 11 is 0. The summed E-state index contributed by atoms with van der Waals surface area (Å²) in [7, 11) is 2.64. The first kappa shape index (κ1) is 10.4. The minimum absolute atomic E-state index is 0.254. The van der Waals surface area contributed by atoms with Crippen LogP contribution in [0.1, 0.15) is 10.5 Å². The fraction of sp³-hybridized carbons (Fsp3) is 0.250. The van der Waals surface area contributed by atoms with Crippen LogP contribution in [0.3, 0.4) is 0 Å². The molecule has 0 spiro atoms. The minimum Gasteiger partial charge on any atom is -0.505 e. The van der Waals surface area contributed by atoms with Gasteiger partial charge in [-0.3, -0.25) is 9.63 Å². The van der Waals surface area contributed by atoms with E-state index in [2.05, 4.69) is 9.82 Å². The van der Waals surface area contributed by atoms with Crippen molar-refractivity contribution in [3.8, 4) is 5.75 Å². The summed E-state index contributed by atoms with van der Waals surface area (Å²) < 4.78 is 12.5. The highest BCUT2D eigenvalue weighted by atomic mass is 19.1. The second kappa shape index (κ2) is 4.01. The summed E-state index contributed by atoms with van der Waals surface area (Å²) in [5, 5.41) is 10.1. The van der Waals surface area contributed by atoms with Gasteiger partial charge in [-0.05, 0) is 0 Å². The van der Waals surface area contributed by atoms with Crippen LogP contribution in [0.2, 0.25) is 0 Å². The van der Waals surface area contributed by atoms with E-state index in [1.807, 2.05) is 0 Å². The van der Waals surface area contributed by atoms with Gasteiger partial charge in [-0.25, -0.2) is 14.4 Å². The lowest BCUT2D eigenvalue weighted by atomic mass is 10.3. The molecule has 1 aromatic heterocycles. The van der Waals surface area contributed by atoms with Gasteiger partial charge in [0.1, 0.15) is 11.6 Å². The molecular weight excluding hydrogens is 191 g/mol. The Morgan fingerprint density at radius 2 is 2.36 bits per heavy atom. The fourth-order valence-corrected chi connectivity index (χ4v) is 0.825. The smallest absolute Gasteiger partial charge is 0.299 e. The first-order valence-electron chi connectivity index (χ1n) is 3.73. The third-order valence-corrected chi connectivity index (χ3v) is 1.60. The van der Waals surface area contributed by atoms with Gasteiger partial charge in [-0.15, -0.1) is 0 Å². The van der Waals surface area contributed by atoms with Crippen LogP contribution in [0.15, 0.2) is 12.3 Å². The van der Waals surface area contributed by atoms with Gasteiger partial charge in [0.25, 0.3) is 5.91 Å². The largest absolute Gasteiger partial charge is 0.505 e. The van der Waals surface area contributed by atoms with Crippen molar-refractivity contribution in [3.63, 3.8) is 0 Å². The van der Waals surface area contributed by atoms with E-state index < -0.39 is 17.5 Å². The minimum atomic E-state index is -0.709. The van der Waals surface area contributed by atoms with E-state index in [4.69, 9.17) is 0 Å². The van der Waals surface area contributed by atoms with Gasteiger partial charge >= 0.3 is 0 Å². The Morgan fingerprint density at radius 1 is 1.71 bits per heavy atom. The molecule has 5 nitrogen and oxygen atoms in total. The number of aromatic nitrogens is 1. The van der Waals surface area contributed by atoms with Crippen molar-refractivity contribution in [1.29, 1.82) is 0 Å². The summed E-state index contributed by atoms with van der Waals surface area (Å²) in [5.41, 5.74) is -0.254. The Labute approximate surface area is 79.7 Å². The van der Waals surface area contributed by atoms with E-state index in [1.165, 1.54) is 14.2 Å². The third-order valence-electron chi connectivity index (χ3n) is 1.60. The van der Waals surface area contributed by atoms with Crippen molar-refractivity contribution in [2.24, 2.45) is 0 Å². The average molecular weight is 200 g/mol. The molecular formula is C8H9FN2O3. The van der Waals surface area contributed by atoms with Crippen molar-refractivity contribution in [2.45, 2.75) is 0 Å². The molecule has 0 fully saturated rings. The average Bonchev–Trinajstić information content (AvgIpc) is 2.15. The van der Waals surface area contributed by atoms with Crippen LogP contribution < -0.4 is 0 Å². The lowest BCUT2D eigenvalue weighted by Crippen LogP contribution is -2.26. The molecule has 14 heavy (non-hydrogen) atoms. The zero-order valence-corrected chi connectivity index (χ0v) is 7.69. The van der Waals surface area contributed by atoms with Gasteiger partial charge in [-0.1, -0.05) is 0 Å². The van der Waals surface area contributed by atoms with E-state index in [0.717, 1.165) is 17.3 Å². The number of carbonyl (C=O) groups is 1. The Morgan fingerprint density at radius 3 is 2.86 bits per heavy atom. The summed E-state index contributed by atoms with van der Waals surface area (Å²) in [6.07, 6.45) is 0.844. The van der Waals surface area contributed by atoms with Crippen LogP contribution in [0.4, 0.5) is 4.39 Å². The fourth-order valence-electron chi connectivity index (χ4n) is 0.825. The molecule has 1 rings (SSSR count). The highest BCUT2D eigenvalue weighted by Gasteiger charge is 2.17. The highest BCUT2D eigenvalue weighted by molar-refractivity contribution is 5.93. The molecule has 0 bridgehead atoms. The zero-order chi connectivity index (χ0) is 10.7. The maximum absolute atomic E-state index is 12.5. The molecule has 1 N–H and O–H groups in total. The SMILES string of the molecule is CON(C)C(=O)c1ncc(F)cc1O. The van der Waals surface area contributed by atoms with Gasteiger partial charge in [0, 0.05) is 13.1 Å². The van der Waals surface area contributed by atoms with Crippen molar-refractivity contribution < 1.29 is 19.1 Å². The number of hydrogen-bond donors (Lipinski definition) is 1. The first-order valence-corrected chi connectivity index (χ1v) is 3.73. The molecule has 76 valence electrons. The number of hydroxylamine groups is 2. The van der Waals surface area contributed by atoms with E-state index in [1.54, 1.807) is 0 Å². The Balaban J connectivity index is 3.02. The monoisotopic (exact) mass is 200 g/mol. The summed E-state index contributed by atoms with van der Waals surface area (Å²) in [6.45, 7) is 0. The van der Waals surface area contributed by atoms with Crippen molar-refractivity contribution in [2.75, 3.05) is 14.2 Å². The summed E-state index contributed by atoms with van der Waals surface area (Å²) in [6, 6.07) is 0.809. The normalized spacial score (nSPS) is 9.93. The van der Waals surface area contributed by atoms with Crippen LogP contribution >= 0.6 is 0 Å². The molecule has 0 aromatic carbocycles. The number of rotatable bonds is 2. The molecule has 6 heteroatoms. The number of pyridine rings is 1. The van der Waals surface area contributed by atoms with Gasteiger partial charge < -0.3 is 5.11 Å². The lowest BCUT2D eigenvalue weighted by Gasteiger charge is -2.13. The number of nitrogens with zero attached hydrogens (tertiary/aromatic N) is 2. The van der Waals surface area contributed by atoms with Gasteiger partial charge in [0.15, 0.2) is 5.69 Å². The van der Waals surface area contributed by atoms with Gasteiger partial charge in [0.05, 0.1) is 13.3 Å². The summed E-state index contributed by atoms with van der Waals surface area (Å²) in [5.74, 6) is -1.87. The maximum Gasteiger partial charge on any atom is 0.299 e.